The Hall–Kier alpha value is -2.40. The van der Waals surface area contributed by atoms with Crippen LogP contribution in [-0.2, 0) is 22.6 Å². The molecule has 0 fully saturated rings. The minimum absolute atomic E-state index is 0.0977. The largest absolute Gasteiger partial charge is 0.354 e. The first kappa shape index (κ1) is 21.9. The molecule has 0 aromatic heterocycles. The molecule has 0 bridgehead atoms. The molecule has 0 saturated heterocycles. The van der Waals surface area contributed by atoms with Gasteiger partial charge in [0.1, 0.15) is 11.9 Å². The predicted molar refractivity (Wildman–Crippen MR) is 109 cm³/mol. The average Bonchev–Trinajstić information content (AvgIpc) is 2.68. The van der Waals surface area contributed by atoms with E-state index in [1.165, 1.54) is 12.1 Å². The van der Waals surface area contributed by atoms with Gasteiger partial charge < -0.3 is 10.2 Å². The third-order valence-electron chi connectivity index (χ3n) is 4.53. The van der Waals surface area contributed by atoms with Gasteiger partial charge in [-0.1, -0.05) is 49.2 Å². The van der Waals surface area contributed by atoms with Crippen molar-refractivity contribution in [2.45, 2.75) is 45.7 Å². The molecule has 1 atom stereocenters. The third kappa shape index (κ3) is 6.64. The van der Waals surface area contributed by atoms with Crippen molar-refractivity contribution in [3.05, 3.63) is 70.5 Å². The van der Waals surface area contributed by atoms with Crippen molar-refractivity contribution in [2.24, 2.45) is 0 Å². The Kier molecular flexibility index (Phi) is 8.45. The van der Waals surface area contributed by atoms with Crippen LogP contribution in [0.15, 0.2) is 48.5 Å². The highest BCUT2D eigenvalue weighted by Gasteiger charge is 2.26. The summed E-state index contributed by atoms with van der Waals surface area (Å²) >= 11 is 5.94. The van der Waals surface area contributed by atoms with Crippen molar-refractivity contribution in [1.29, 1.82) is 0 Å². The van der Waals surface area contributed by atoms with Gasteiger partial charge >= 0.3 is 0 Å². The maximum Gasteiger partial charge on any atom is 0.242 e. The second-order valence-electron chi connectivity index (χ2n) is 6.77. The zero-order valence-electron chi connectivity index (χ0n) is 16.3. The topological polar surface area (TPSA) is 49.4 Å². The molecule has 2 aromatic carbocycles. The highest BCUT2D eigenvalue weighted by atomic mass is 35.5. The first-order valence-corrected chi connectivity index (χ1v) is 9.84. The lowest BCUT2D eigenvalue weighted by molar-refractivity contribution is -0.140. The van der Waals surface area contributed by atoms with E-state index in [4.69, 9.17) is 11.6 Å². The van der Waals surface area contributed by atoms with E-state index in [0.29, 0.717) is 23.7 Å². The summed E-state index contributed by atoms with van der Waals surface area (Å²) in [5.41, 5.74) is 1.58. The Bertz CT molecular complexity index is 778. The number of hydrogen-bond donors (Lipinski definition) is 1. The number of carbonyl (C=O) groups excluding carboxylic acids is 2. The number of nitrogens with one attached hydrogen (secondary N) is 1. The van der Waals surface area contributed by atoms with Gasteiger partial charge in [0, 0.05) is 18.1 Å². The van der Waals surface area contributed by atoms with Crippen LogP contribution in [0.3, 0.4) is 0 Å². The number of halogens is 2. The molecule has 28 heavy (non-hydrogen) atoms. The van der Waals surface area contributed by atoms with Gasteiger partial charge in [0.05, 0.1) is 6.42 Å². The Labute approximate surface area is 170 Å². The number of rotatable bonds is 9. The summed E-state index contributed by atoms with van der Waals surface area (Å²) in [6.07, 6.45) is 1.96. The van der Waals surface area contributed by atoms with E-state index in [9.17, 15) is 14.0 Å². The van der Waals surface area contributed by atoms with Crippen molar-refractivity contribution in [1.82, 2.24) is 10.2 Å². The van der Waals surface area contributed by atoms with Crippen molar-refractivity contribution in [3.8, 4) is 0 Å². The fraction of sp³-hybridized carbons (Fsp3) is 0.364. The van der Waals surface area contributed by atoms with Gasteiger partial charge in [-0.3, -0.25) is 9.59 Å². The number of benzene rings is 2. The number of nitrogens with zero attached hydrogens (tertiary/aromatic N) is 1. The zero-order chi connectivity index (χ0) is 20.5. The van der Waals surface area contributed by atoms with E-state index in [2.05, 4.69) is 12.2 Å². The van der Waals surface area contributed by atoms with Crippen LogP contribution in [-0.4, -0.2) is 29.3 Å². The van der Waals surface area contributed by atoms with Gasteiger partial charge in [-0.2, -0.15) is 0 Å². The summed E-state index contributed by atoms with van der Waals surface area (Å²) in [5.74, 6) is -0.729. The fourth-order valence-electron chi connectivity index (χ4n) is 2.78. The molecule has 2 rings (SSSR count). The maximum atomic E-state index is 13.1. The minimum atomic E-state index is -0.625. The number of carbonyl (C=O) groups is 2. The second-order valence-corrected chi connectivity index (χ2v) is 7.21. The molecular formula is C22H26ClFN2O2. The van der Waals surface area contributed by atoms with Crippen LogP contribution in [0.2, 0.25) is 5.02 Å². The van der Waals surface area contributed by atoms with Crippen LogP contribution >= 0.6 is 11.6 Å². The van der Waals surface area contributed by atoms with Gasteiger partial charge in [-0.25, -0.2) is 4.39 Å². The number of amides is 2. The van der Waals surface area contributed by atoms with Crippen LogP contribution < -0.4 is 5.32 Å². The molecule has 1 N–H and O–H groups in total. The normalized spacial score (nSPS) is 11.7. The van der Waals surface area contributed by atoms with E-state index in [1.807, 2.05) is 12.1 Å². The summed E-state index contributed by atoms with van der Waals surface area (Å²) in [7, 11) is 0. The predicted octanol–water partition coefficient (Wildman–Crippen LogP) is 4.36. The van der Waals surface area contributed by atoms with E-state index in [-0.39, 0.29) is 24.1 Å². The van der Waals surface area contributed by atoms with Crippen molar-refractivity contribution < 1.29 is 14.0 Å². The number of unbranched alkanes of at least 4 members (excludes halogenated alkanes) is 1. The van der Waals surface area contributed by atoms with E-state index < -0.39 is 6.04 Å². The Balaban J connectivity index is 2.15. The minimum Gasteiger partial charge on any atom is -0.354 e. The summed E-state index contributed by atoms with van der Waals surface area (Å²) < 4.78 is 13.1. The lowest BCUT2D eigenvalue weighted by Crippen LogP contribution is -2.48. The summed E-state index contributed by atoms with van der Waals surface area (Å²) in [6, 6.07) is 12.4. The highest BCUT2D eigenvalue weighted by Crippen LogP contribution is 2.15. The van der Waals surface area contributed by atoms with E-state index >= 15 is 0 Å². The van der Waals surface area contributed by atoms with Crippen LogP contribution in [0.25, 0.3) is 0 Å². The van der Waals surface area contributed by atoms with Crippen LogP contribution in [0.5, 0.6) is 0 Å². The molecular weight excluding hydrogens is 379 g/mol. The lowest BCUT2D eigenvalue weighted by atomic mass is 10.1. The zero-order valence-corrected chi connectivity index (χ0v) is 17.0. The molecule has 1 unspecified atom stereocenters. The molecule has 0 saturated carbocycles. The standard InChI is InChI=1S/C22H26ClFN2O2/c1-3-4-13-25-22(28)16(2)26(15-18-5-9-19(23)10-6-18)21(27)14-17-7-11-20(24)12-8-17/h5-12,16H,3-4,13-15H2,1-2H3,(H,25,28). The van der Waals surface area contributed by atoms with E-state index in [0.717, 1.165) is 18.4 Å². The molecule has 4 nitrogen and oxygen atoms in total. The maximum absolute atomic E-state index is 13.1. The monoisotopic (exact) mass is 404 g/mol. The summed E-state index contributed by atoms with van der Waals surface area (Å²) in [4.78, 5) is 27.0. The Morgan fingerprint density at radius 1 is 1.07 bits per heavy atom. The first-order valence-electron chi connectivity index (χ1n) is 9.46. The third-order valence-corrected chi connectivity index (χ3v) is 4.78. The van der Waals surface area contributed by atoms with Crippen LogP contribution in [0.4, 0.5) is 4.39 Å². The van der Waals surface area contributed by atoms with Crippen LogP contribution in [0, 0.1) is 5.82 Å². The van der Waals surface area contributed by atoms with Crippen molar-refractivity contribution >= 4 is 23.4 Å². The van der Waals surface area contributed by atoms with Gasteiger partial charge in [0.15, 0.2) is 0 Å². The number of hydrogen-bond acceptors (Lipinski definition) is 2. The quantitative estimate of drug-likeness (QED) is 0.631. The van der Waals surface area contributed by atoms with Gasteiger partial charge in [0.25, 0.3) is 0 Å². The molecule has 0 heterocycles. The van der Waals surface area contributed by atoms with Gasteiger partial charge in [0.2, 0.25) is 11.8 Å². The summed E-state index contributed by atoms with van der Waals surface area (Å²) in [5, 5.41) is 3.49. The molecule has 0 spiro atoms. The smallest absolute Gasteiger partial charge is 0.242 e. The molecule has 2 amide bonds. The molecule has 0 radical (unpaired) electrons. The lowest BCUT2D eigenvalue weighted by Gasteiger charge is -2.29. The second kappa shape index (κ2) is 10.8. The van der Waals surface area contributed by atoms with Gasteiger partial charge in [-0.05, 0) is 48.7 Å². The molecule has 0 aliphatic rings. The molecule has 2 aromatic rings. The first-order chi connectivity index (χ1) is 13.4. The van der Waals surface area contributed by atoms with Crippen molar-refractivity contribution in [2.75, 3.05) is 6.54 Å². The van der Waals surface area contributed by atoms with Crippen LogP contribution in [0.1, 0.15) is 37.8 Å². The molecule has 0 aliphatic heterocycles. The summed E-state index contributed by atoms with van der Waals surface area (Å²) in [6.45, 7) is 4.65. The van der Waals surface area contributed by atoms with E-state index in [1.54, 1.807) is 36.1 Å². The van der Waals surface area contributed by atoms with Crippen molar-refractivity contribution in [3.63, 3.8) is 0 Å². The Morgan fingerprint density at radius 3 is 2.29 bits per heavy atom. The molecule has 6 heteroatoms. The molecule has 150 valence electrons. The average molecular weight is 405 g/mol. The Morgan fingerprint density at radius 2 is 1.68 bits per heavy atom. The SMILES string of the molecule is CCCCNC(=O)C(C)N(Cc1ccc(Cl)cc1)C(=O)Cc1ccc(F)cc1. The fourth-order valence-corrected chi connectivity index (χ4v) is 2.91. The highest BCUT2D eigenvalue weighted by molar-refractivity contribution is 6.30. The molecule has 0 aliphatic carbocycles. The van der Waals surface area contributed by atoms with Gasteiger partial charge in [-0.15, -0.1) is 0 Å².